The van der Waals surface area contributed by atoms with E-state index in [2.05, 4.69) is 70.4 Å². The Bertz CT molecular complexity index is 1500. The fourth-order valence-corrected chi connectivity index (χ4v) is 11.2. The van der Waals surface area contributed by atoms with Crippen LogP contribution in [0.4, 0.5) is 9.59 Å². The van der Waals surface area contributed by atoms with Crippen molar-refractivity contribution in [3.63, 3.8) is 0 Å². The first-order valence-electron chi connectivity index (χ1n) is 32.0. The highest BCUT2D eigenvalue weighted by Crippen LogP contribution is 2.39. The van der Waals surface area contributed by atoms with Crippen LogP contribution < -0.4 is 0 Å². The number of carbonyl (C=O) groups is 4. The molecule has 2 atom stereocenters. The highest BCUT2D eigenvalue weighted by molar-refractivity contribution is 5.67. The normalized spacial score (nSPS) is 13.3. The van der Waals surface area contributed by atoms with Gasteiger partial charge in [-0.3, -0.25) is 14.5 Å². The van der Waals surface area contributed by atoms with Crippen molar-refractivity contribution < 1.29 is 53.1 Å². The molecule has 78 heavy (non-hydrogen) atoms. The third-order valence-corrected chi connectivity index (χ3v) is 15.9. The molecule has 0 amide bonds. The number of carboxylic acid groups (broad SMARTS) is 2. The van der Waals surface area contributed by atoms with Crippen molar-refractivity contribution in [2.75, 3.05) is 59.1 Å². The summed E-state index contributed by atoms with van der Waals surface area (Å²) < 4.78 is 31.1. The second-order valence-corrected chi connectivity index (χ2v) is 22.8. The molecule has 1 aromatic rings. The molecule has 0 heterocycles. The largest absolute Gasteiger partial charge is 0.508 e. The summed E-state index contributed by atoms with van der Waals surface area (Å²) in [5.41, 5.74) is -0.499. The van der Waals surface area contributed by atoms with Crippen LogP contribution in [-0.4, -0.2) is 115 Å². The van der Waals surface area contributed by atoms with Crippen LogP contribution in [0.5, 0.6) is 0 Å². The number of carboxylic acids is 2. The van der Waals surface area contributed by atoms with Gasteiger partial charge in [-0.05, 0) is 88.2 Å². The van der Waals surface area contributed by atoms with E-state index in [1.807, 2.05) is 18.2 Å². The summed E-state index contributed by atoms with van der Waals surface area (Å²) in [6.45, 7) is 20.3. The molecule has 13 nitrogen and oxygen atoms in total. The number of hydrogen-bond acceptors (Lipinski definition) is 11. The second kappa shape index (κ2) is 48.3. The van der Waals surface area contributed by atoms with Crippen LogP contribution in [-0.2, 0) is 39.9 Å². The van der Waals surface area contributed by atoms with Gasteiger partial charge in [-0.25, -0.2) is 9.59 Å². The van der Waals surface area contributed by atoms with Crippen LogP contribution in [0.2, 0.25) is 0 Å². The van der Waals surface area contributed by atoms with Crippen LogP contribution in [0.25, 0.3) is 0 Å². The number of aliphatic carboxylic acids is 2. The number of carbonyl (C=O) groups excluding carboxylic acids is 2. The Morgan fingerprint density at radius 3 is 1.21 bits per heavy atom. The number of nitrogens with zero attached hydrogens (tertiary/aromatic N) is 2. The molecule has 0 aliphatic heterocycles. The smallest absolute Gasteiger partial charge is 0.481 e. The lowest BCUT2D eigenvalue weighted by Crippen LogP contribution is -2.41. The summed E-state index contributed by atoms with van der Waals surface area (Å²) in [6, 6.07) is 10.1. The Kier molecular flexibility index (Phi) is 45.0. The Hall–Kier alpha value is -3.42. The predicted octanol–water partition coefficient (Wildman–Crippen LogP) is 17.4. The average Bonchev–Trinajstić information content (AvgIpc) is 3.42. The molecule has 0 aromatic heterocycles. The molecule has 13 heteroatoms. The summed E-state index contributed by atoms with van der Waals surface area (Å²) >= 11 is 0. The van der Waals surface area contributed by atoms with Crippen LogP contribution >= 0.6 is 0 Å². The molecule has 0 fully saturated rings. The van der Waals surface area contributed by atoms with Gasteiger partial charge in [0.15, 0.2) is 0 Å². The molecule has 454 valence electrons. The minimum Gasteiger partial charge on any atom is -0.481 e. The highest BCUT2D eigenvalue weighted by Gasteiger charge is 2.39. The van der Waals surface area contributed by atoms with Crippen molar-refractivity contribution in [2.45, 2.75) is 285 Å². The third kappa shape index (κ3) is 38.3. The van der Waals surface area contributed by atoms with Gasteiger partial charge in [0.25, 0.3) is 0 Å². The molecule has 0 spiro atoms. The lowest BCUT2D eigenvalue weighted by Gasteiger charge is -2.37. The maximum atomic E-state index is 14.1. The van der Waals surface area contributed by atoms with Crippen LogP contribution in [0, 0.1) is 11.8 Å². The summed E-state index contributed by atoms with van der Waals surface area (Å²) in [7, 11) is 0. The summed E-state index contributed by atoms with van der Waals surface area (Å²) in [5, 5.41) is 19.4. The van der Waals surface area contributed by atoms with E-state index in [4.69, 9.17) is 23.7 Å². The van der Waals surface area contributed by atoms with Crippen LogP contribution in [0.15, 0.2) is 30.3 Å². The van der Waals surface area contributed by atoms with Crippen molar-refractivity contribution in [3.8, 4) is 0 Å². The fourth-order valence-electron chi connectivity index (χ4n) is 11.2. The SMILES string of the molecule is CCCCCCC(CCCC(=O)O)(CC(CCCCC)CCCCC)OC(=O)OCCN(CCOC(=O)OC(CCCCCC)(CCCC(=O)O)CC(CCCCC)CCCCC)CCN(CC)CCOCc1ccccc1. The van der Waals surface area contributed by atoms with Gasteiger partial charge < -0.3 is 38.8 Å². The zero-order valence-corrected chi connectivity index (χ0v) is 51.1. The number of ether oxygens (including phenoxy) is 5. The van der Waals surface area contributed by atoms with Gasteiger partial charge in [0.2, 0.25) is 0 Å². The summed E-state index contributed by atoms with van der Waals surface area (Å²) in [5.74, 6) is -0.956. The molecule has 0 bridgehead atoms. The standard InChI is InChI=1S/C65H118N2O11/c1-8-15-21-30-42-64(44-32-40-60(68)69,54-57(34-24-17-10-3)35-25-18-11-4)77-62(72)75-52-49-67(47-46-66(14-7)48-51-74-56-59-38-28-23-29-39-59)50-53-76-63(73)78-65(43-31-22-16-9-2,45-33-41-61(70)71)55-58(36-26-19-12-5)37-27-20-13-6/h23,28-29,38-39,57-58H,8-22,24-27,30-37,40-56H2,1-7H3,(H,68,69)(H,70,71). The number of rotatable bonds is 55. The first-order chi connectivity index (χ1) is 37.8. The van der Waals surface area contributed by atoms with E-state index in [1.54, 1.807) is 0 Å². The van der Waals surface area contributed by atoms with E-state index < -0.39 is 35.5 Å². The summed E-state index contributed by atoms with van der Waals surface area (Å²) in [4.78, 5) is 56.2. The van der Waals surface area contributed by atoms with Crippen molar-refractivity contribution in [1.29, 1.82) is 0 Å². The lowest BCUT2D eigenvalue weighted by atomic mass is 9.78. The Morgan fingerprint density at radius 1 is 0.449 bits per heavy atom. The quantitative estimate of drug-likeness (QED) is 0.0469. The molecule has 0 aliphatic rings. The number of benzene rings is 1. The monoisotopic (exact) mass is 1100 g/mol. The molecule has 0 saturated carbocycles. The highest BCUT2D eigenvalue weighted by atomic mass is 16.7. The lowest BCUT2D eigenvalue weighted by molar-refractivity contribution is -0.138. The first-order valence-corrected chi connectivity index (χ1v) is 32.0. The topological polar surface area (TPSA) is 161 Å². The van der Waals surface area contributed by atoms with Gasteiger partial charge in [0.05, 0.1) is 13.2 Å². The first kappa shape index (κ1) is 72.6. The van der Waals surface area contributed by atoms with Crippen LogP contribution in [0.1, 0.15) is 272 Å². The Balaban J connectivity index is 3.45. The van der Waals surface area contributed by atoms with Gasteiger partial charge in [-0.2, -0.15) is 0 Å². The zero-order valence-electron chi connectivity index (χ0n) is 51.1. The van der Waals surface area contributed by atoms with E-state index in [-0.39, 0.29) is 26.1 Å². The molecule has 2 unspecified atom stereocenters. The molecule has 2 N–H and O–H groups in total. The van der Waals surface area contributed by atoms with E-state index in [0.717, 1.165) is 173 Å². The van der Waals surface area contributed by atoms with E-state index in [1.165, 1.54) is 0 Å². The Morgan fingerprint density at radius 2 is 0.821 bits per heavy atom. The Labute approximate surface area is 476 Å². The molecule has 0 radical (unpaired) electrons. The zero-order chi connectivity index (χ0) is 57.4. The molecule has 0 saturated heterocycles. The summed E-state index contributed by atoms with van der Waals surface area (Å²) in [6.07, 6.45) is 29.3. The fraction of sp³-hybridized carbons (Fsp3) is 0.846. The van der Waals surface area contributed by atoms with Crippen LogP contribution in [0.3, 0.4) is 0 Å². The minimum absolute atomic E-state index is 0.0211. The van der Waals surface area contributed by atoms with Gasteiger partial charge in [-0.1, -0.05) is 220 Å². The van der Waals surface area contributed by atoms with E-state index >= 15 is 0 Å². The molecular formula is C65H118N2O11. The van der Waals surface area contributed by atoms with Gasteiger partial charge in [0.1, 0.15) is 24.4 Å². The third-order valence-electron chi connectivity index (χ3n) is 15.9. The van der Waals surface area contributed by atoms with Crippen molar-refractivity contribution in [2.24, 2.45) is 11.8 Å². The maximum Gasteiger partial charge on any atom is 0.508 e. The van der Waals surface area contributed by atoms with Gasteiger partial charge in [0, 0.05) is 45.6 Å². The maximum absolute atomic E-state index is 14.1. The van der Waals surface area contributed by atoms with Crippen molar-refractivity contribution in [3.05, 3.63) is 35.9 Å². The number of likely N-dealkylation sites (N-methyl/N-ethyl adjacent to an activating group) is 1. The second-order valence-electron chi connectivity index (χ2n) is 22.8. The van der Waals surface area contributed by atoms with E-state index in [9.17, 15) is 29.4 Å². The number of hydrogen-bond donors (Lipinski definition) is 2. The molecular weight excluding hydrogens is 985 g/mol. The van der Waals surface area contributed by atoms with Crippen molar-refractivity contribution in [1.82, 2.24) is 9.80 Å². The molecule has 0 aliphatic carbocycles. The molecule has 1 rings (SSSR count). The van der Waals surface area contributed by atoms with Gasteiger partial charge in [-0.15, -0.1) is 0 Å². The predicted molar refractivity (Wildman–Crippen MR) is 318 cm³/mol. The number of unbranched alkanes of at least 4 members (excludes halogenated alkanes) is 14. The van der Waals surface area contributed by atoms with Gasteiger partial charge >= 0.3 is 24.2 Å². The van der Waals surface area contributed by atoms with Crippen molar-refractivity contribution >= 4 is 24.2 Å². The molecule has 1 aromatic carbocycles. The average molecular weight is 1100 g/mol. The van der Waals surface area contributed by atoms with E-state index in [0.29, 0.717) is 103 Å². The minimum atomic E-state index is -0.847.